The highest BCUT2D eigenvalue weighted by Gasteiger charge is 2.51. The van der Waals surface area contributed by atoms with Crippen molar-refractivity contribution in [3.63, 3.8) is 0 Å². The molecule has 2 N–H and O–H groups in total. The summed E-state index contributed by atoms with van der Waals surface area (Å²) in [6.07, 6.45) is 1.02. The Hall–Kier alpha value is -3.03. The molecular formula is C27H32N2O5. The second kappa shape index (κ2) is 8.32. The molecule has 0 saturated heterocycles. The Morgan fingerprint density at radius 3 is 2.62 bits per heavy atom. The van der Waals surface area contributed by atoms with E-state index >= 15 is 0 Å². The largest absolute Gasteiger partial charge is 0.454 e. The van der Waals surface area contributed by atoms with Gasteiger partial charge in [-0.15, -0.1) is 0 Å². The van der Waals surface area contributed by atoms with Crippen molar-refractivity contribution in [3.8, 4) is 11.5 Å². The molecule has 1 saturated carbocycles. The Morgan fingerprint density at radius 2 is 1.91 bits per heavy atom. The molecule has 1 unspecified atom stereocenters. The fourth-order valence-electron chi connectivity index (χ4n) is 4.84. The number of ether oxygens (including phenoxy) is 3. The van der Waals surface area contributed by atoms with E-state index in [0.29, 0.717) is 12.3 Å². The first kappa shape index (κ1) is 22.7. The van der Waals surface area contributed by atoms with Gasteiger partial charge >= 0.3 is 0 Å². The molecule has 1 fully saturated rings. The number of nitrogens with one attached hydrogen (secondary N) is 1. The fraction of sp³-hybridized carbons (Fsp3) is 0.444. The Kier molecular flexibility index (Phi) is 5.57. The molecule has 2 aliphatic rings. The molecule has 3 aromatic rings. The third-order valence-corrected chi connectivity index (χ3v) is 6.79. The van der Waals surface area contributed by atoms with Gasteiger partial charge in [0, 0.05) is 34.8 Å². The van der Waals surface area contributed by atoms with Crippen LogP contribution in [-0.4, -0.2) is 42.2 Å². The van der Waals surface area contributed by atoms with E-state index in [0.717, 1.165) is 46.4 Å². The minimum atomic E-state index is -0.600. The van der Waals surface area contributed by atoms with Gasteiger partial charge in [-0.05, 0) is 54.8 Å². The van der Waals surface area contributed by atoms with Crippen molar-refractivity contribution in [1.82, 2.24) is 4.57 Å². The normalized spacial score (nSPS) is 17.1. The molecule has 0 radical (unpaired) electrons. The molecule has 0 bridgehead atoms. The van der Waals surface area contributed by atoms with Crippen LogP contribution in [0.2, 0.25) is 0 Å². The van der Waals surface area contributed by atoms with E-state index in [9.17, 15) is 9.90 Å². The van der Waals surface area contributed by atoms with Crippen LogP contribution in [0.25, 0.3) is 10.9 Å². The van der Waals surface area contributed by atoms with Crippen molar-refractivity contribution in [1.29, 1.82) is 0 Å². The highest BCUT2D eigenvalue weighted by atomic mass is 16.7. The number of amides is 1. The lowest BCUT2D eigenvalue weighted by atomic mass is 9.92. The molecule has 180 valence electrons. The molecule has 1 amide bonds. The van der Waals surface area contributed by atoms with Gasteiger partial charge in [-0.2, -0.15) is 0 Å². The maximum atomic E-state index is 13.3. The van der Waals surface area contributed by atoms with Crippen molar-refractivity contribution in [2.24, 2.45) is 0 Å². The summed E-state index contributed by atoms with van der Waals surface area (Å²) in [4.78, 5) is 13.3. The maximum Gasteiger partial charge on any atom is 0.235 e. The summed E-state index contributed by atoms with van der Waals surface area (Å²) in [5, 5.41) is 14.6. The Bertz CT molecular complexity index is 1240. The average molecular weight is 465 g/mol. The highest BCUT2D eigenvalue weighted by molar-refractivity contribution is 6.02. The summed E-state index contributed by atoms with van der Waals surface area (Å²) in [6, 6.07) is 13.9. The first-order valence-electron chi connectivity index (χ1n) is 11.7. The van der Waals surface area contributed by atoms with E-state index in [1.807, 2.05) is 36.4 Å². The van der Waals surface area contributed by atoms with Gasteiger partial charge in [0.05, 0.1) is 24.7 Å². The second-order valence-electron chi connectivity index (χ2n) is 10.4. The van der Waals surface area contributed by atoms with Gasteiger partial charge in [-0.25, -0.2) is 0 Å². The van der Waals surface area contributed by atoms with Crippen LogP contribution in [0.3, 0.4) is 0 Å². The number of aliphatic hydroxyl groups is 1. The van der Waals surface area contributed by atoms with Crippen LogP contribution in [0.1, 0.15) is 44.9 Å². The minimum absolute atomic E-state index is 0.00305. The lowest BCUT2D eigenvalue weighted by Crippen LogP contribution is -2.27. The first-order chi connectivity index (χ1) is 16.2. The number of fused-ring (bicyclic) bond motifs is 2. The van der Waals surface area contributed by atoms with E-state index in [1.54, 1.807) is 7.11 Å². The number of methoxy groups -OCH3 is 1. The number of benzene rings is 2. The smallest absolute Gasteiger partial charge is 0.235 e. The van der Waals surface area contributed by atoms with Gasteiger partial charge in [0.25, 0.3) is 0 Å². The van der Waals surface area contributed by atoms with Crippen LogP contribution < -0.4 is 14.8 Å². The molecule has 1 atom stereocenters. The number of rotatable bonds is 7. The highest BCUT2D eigenvalue weighted by Crippen LogP contribution is 2.51. The predicted molar refractivity (Wildman–Crippen MR) is 131 cm³/mol. The maximum absolute atomic E-state index is 13.3. The number of hydrogen-bond acceptors (Lipinski definition) is 5. The first-order valence-corrected chi connectivity index (χ1v) is 11.7. The summed E-state index contributed by atoms with van der Waals surface area (Å²) in [5.41, 5.74) is 3.24. The van der Waals surface area contributed by atoms with Crippen molar-refractivity contribution < 1.29 is 24.1 Å². The quantitative estimate of drug-likeness (QED) is 0.544. The monoisotopic (exact) mass is 464 g/mol. The Morgan fingerprint density at radius 1 is 1.15 bits per heavy atom. The SMILES string of the molecule is COCC(O)Cn1c(C(C)(C)C)cc2cc(NC(=O)C3(c4ccc5c(c4)OCO5)CC3)ccc21. The number of carbonyl (C=O) groups excluding carboxylic acids is 1. The van der Waals surface area contributed by atoms with Crippen LogP contribution >= 0.6 is 0 Å². The summed E-state index contributed by atoms with van der Waals surface area (Å²) < 4.78 is 18.2. The van der Waals surface area contributed by atoms with Gasteiger partial charge in [-0.3, -0.25) is 4.79 Å². The van der Waals surface area contributed by atoms with E-state index in [-0.39, 0.29) is 24.7 Å². The molecule has 2 aromatic carbocycles. The van der Waals surface area contributed by atoms with Crippen LogP contribution in [0.4, 0.5) is 5.69 Å². The molecular weight excluding hydrogens is 432 g/mol. The van der Waals surface area contributed by atoms with E-state index < -0.39 is 11.5 Å². The number of aromatic nitrogens is 1. The zero-order chi connectivity index (χ0) is 24.1. The predicted octanol–water partition coefficient (Wildman–Crippen LogP) is 4.35. The van der Waals surface area contributed by atoms with Crippen LogP contribution in [0.5, 0.6) is 11.5 Å². The van der Waals surface area contributed by atoms with Gasteiger partial charge in [0.1, 0.15) is 0 Å². The Balaban J connectivity index is 1.42. The molecule has 0 spiro atoms. The van der Waals surface area contributed by atoms with Gasteiger partial charge < -0.3 is 29.2 Å². The van der Waals surface area contributed by atoms with Crippen LogP contribution in [0.15, 0.2) is 42.5 Å². The number of aliphatic hydroxyl groups excluding tert-OH is 1. The molecule has 1 aromatic heterocycles. The van der Waals surface area contributed by atoms with Crippen molar-refractivity contribution >= 4 is 22.5 Å². The fourth-order valence-corrected chi connectivity index (χ4v) is 4.84. The standard InChI is InChI=1S/C27H32N2O5/c1-26(2,3)24-12-17-11-19(6-7-21(17)29(24)14-20(30)15-32-4)28-25(31)27(9-10-27)18-5-8-22-23(13-18)34-16-33-22/h5-8,11-13,20,30H,9-10,14-16H2,1-4H3,(H,28,31). The van der Waals surface area contributed by atoms with Crippen LogP contribution in [-0.2, 0) is 26.9 Å². The molecule has 7 nitrogen and oxygen atoms in total. The van der Waals surface area contributed by atoms with E-state index in [4.69, 9.17) is 14.2 Å². The molecule has 5 rings (SSSR count). The number of hydrogen-bond donors (Lipinski definition) is 2. The number of carbonyl (C=O) groups is 1. The Labute approximate surface area is 199 Å². The summed E-state index contributed by atoms with van der Waals surface area (Å²) >= 11 is 0. The zero-order valence-corrected chi connectivity index (χ0v) is 20.2. The van der Waals surface area contributed by atoms with E-state index in [2.05, 4.69) is 36.7 Å². The third kappa shape index (κ3) is 4.03. The average Bonchev–Trinajstić information content (AvgIpc) is 3.33. The summed E-state index contributed by atoms with van der Waals surface area (Å²) in [7, 11) is 1.59. The molecule has 7 heteroatoms. The van der Waals surface area contributed by atoms with Crippen molar-refractivity contribution in [2.45, 2.75) is 57.1 Å². The molecule has 2 heterocycles. The van der Waals surface area contributed by atoms with Gasteiger partial charge in [-0.1, -0.05) is 26.8 Å². The van der Waals surface area contributed by atoms with E-state index in [1.165, 1.54) is 0 Å². The lowest BCUT2D eigenvalue weighted by molar-refractivity contribution is -0.118. The third-order valence-electron chi connectivity index (χ3n) is 6.79. The zero-order valence-electron chi connectivity index (χ0n) is 20.2. The molecule has 34 heavy (non-hydrogen) atoms. The minimum Gasteiger partial charge on any atom is -0.454 e. The summed E-state index contributed by atoms with van der Waals surface area (Å²) in [6.45, 7) is 7.42. The van der Waals surface area contributed by atoms with Crippen LogP contribution in [0, 0.1) is 0 Å². The topological polar surface area (TPSA) is 82.0 Å². The van der Waals surface area contributed by atoms with Gasteiger partial charge in [0.15, 0.2) is 11.5 Å². The number of anilines is 1. The molecule has 1 aliphatic carbocycles. The van der Waals surface area contributed by atoms with Crippen molar-refractivity contribution in [3.05, 3.63) is 53.7 Å². The summed E-state index contributed by atoms with van der Waals surface area (Å²) in [5.74, 6) is 1.42. The van der Waals surface area contributed by atoms with Gasteiger partial charge in [0.2, 0.25) is 12.7 Å². The molecule has 1 aliphatic heterocycles. The van der Waals surface area contributed by atoms with Crippen molar-refractivity contribution in [2.75, 3.05) is 25.8 Å². The number of nitrogens with zero attached hydrogens (tertiary/aromatic N) is 1. The lowest BCUT2D eigenvalue weighted by Gasteiger charge is -2.23. The second-order valence-corrected chi connectivity index (χ2v) is 10.4.